The second-order valence-corrected chi connectivity index (χ2v) is 8.49. The number of aromatic nitrogens is 4. The molecule has 3 aromatic rings. The molecule has 0 amide bonds. The van der Waals surface area contributed by atoms with Gasteiger partial charge in [0.1, 0.15) is 17.0 Å². The molecule has 142 valence electrons. The van der Waals surface area contributed by atoms with E-state index in [1.807, 2.05) is 13.0 Å². The van der Waals surface area contributed by atoms with E-state index in [0.29, 0.717) is 13.2 Å². The molecule has 0 bridgehead atoms. The fourth-order valence-corrected chi connectivity index (χ4v) is 4.87. The van der Waals surface area contributed by atoms with Crippen LogP contribution in [0.4, 0.5) is 5.82 Å². The number of aliphatic hydroxyl groups is 1. The molecule has 7 nitrogen and oxygen atoms in total. The average molecular weight is 385 g/mol. The number of aliphatic hydroxyl groups excluding tert-OH is 1. The molecule has 1 aliphatic heterocycles. The summed E-state index contributed by atoms with van der Waals surface area (Å²) in [5.74, 6) is 0.950. The number of pyridine rings is 1. The number of morpholine rings is 1. The van der Waals surface area contributed by atoms with E-state index in [2.05, 4.69) is 28.1 Å². The van der Waals surface area contributed by atoms with E-state index < -0.39 is 0 Å². The highest BCUT2D eigenvalue weighted by Gasteiger charge is 2.46. The maximum Gasteiger partial charge on any atom is 0.130 e. The highest BCUT2D eigenvalue weighted by Crippen LogP contribution is 2.52. The molecule has 1 aliphatic carbocycles. The predicted octanol–water partition coefficient (Wildman–Crippen LogP) is 2.64. The van der Waals surface area contributed by atoms with Gasteiger partial charge in [0.15, 0.2) is 0 Å². The lowest BCUT2D eigenvalue weighted by atomic mass is 9.96. The van der Waals surface area contributed by atoms with Crippen molar-refractivity contribution in [2.24, 2.45) is 0 Å². The molecule has 2 N–H and O–H groups in total. The van der Waals surface area contributed by atoms with Gasteiger partial charge < -0.3 is 14.7 Å². The van der Waals surface area contributed by atoms with Crippen LogP contribution in [-0.4, -0.2) is 57.1 Å². The van der Waals surface area contributed by atoms with Crippen LogP contribution in [0, 0.1) is 6.92 Å². The molecule has 4 heterocycles. The molecule has 1 saturated heterocycles. The van der Waals surface area contributed by atoms with Gasteiger partial charge in [-0.05, 0) is 55.9 Å². The van der Waals surface area contributed by atoms with Gasteiger partial charge in [0.05, 0.1) is 42.0 Å². The Bertz CT molecular complexity index is 993. The van der Waals surface area contributed by atoms with E-state index in [9.17, 15) is 5.11 Å². The summed E-state index contributed by atoms with van der Waals surface area (Å²) in [4.78, 5) is 7.33. The van der Waals surface area contributed by atoms with Crippen molar-refractivity contribution in [3.8, 4) is 11.4 Å². The first kappa shape index (κ1) is 17.1. The molecular weight excluding hydrogens is 362 g/mol. The van der Waals surface area contributed by atoms with Crippen LogP contribution in [0.3, 0.4) is 0 Å². The summed E-state index contributed by atoms with van der Waals surface area (Å²) in [6.07, 6.45) is 2.02. The average Bonchev–Trinajstić information content (AvgIpc) is 3.18. The first-order valence-electron chi connectivity index (χ1n) is 9.40. The molecule has 2 aliphatic rings. The summed E-state index contributed by atoms with van der Waals surface area (Å²) >= 11 is 1.47. The second-order valence-electron chi connectivity index (χ2n) is 7.72. The fourth-order valence-electron chi connectivity index (χ4n) is 3.90. The number of hydrogen-bond donors (Lipinski definition) is 2. The molecule has 1 saturated carbocycles. The van der Waals surface area contributed by atoms with Crippen LogP contribution in [0.25, 0.3) is 21.6 Å². The summed E-state index contributed by atoms with van der Waals surface area (Å²) < 4.78 is 11.4. The van der Waals surface area contributed by atoms with Crippen molar-refractivity contribution < 1.29 is 9.84 Å². The third-order valence-electron chi connectivity index (χ3n) is 5.76. The molecule has 27 heavy (non-hydrogen) atoms. The van der Waals surface area contributed by atoms with E-state index in [0.717, 1.165) is 52.5 Å². The maximum atomic E-state index is 10.1. The largest absolute Gasteiger partial charge is 0.395 e. The number of rotatable bonds is 4. The van der Waals surface area contributed by atoms with Crippen LogP contribution in [-0.2, 0) is 10.2 Å². The lowest BCUT2D eigenvalue weighted by Crippen LogP contribution is -2.44. The fraction of sp³-hybridized carbons (Fsp3) is 0.526. The van der Waals surface area contributed by atoms with Gasteiger partial charge in [-0.1, -0.05) is 0 Å². The number of aryl methyl sites for hydroxylation is 1. The Hall–Kier alpha value is -2.03. The molecule has 3 aromatic heterocycles. The number of H-pyrrole nitrogens is 1. The van der Waals surface area contributed by atoms with E-state index in [1.54, 1.807) is 0 Å². The summed E-state index contributed by atoms with van der Waals surface area (Å²) in [7, 11) is 0. The molecule has 0 aromatic carbocycles. The molecule has 5 rings (SSSR count). The zero-order chi connectivity index (χ0) is 18.6. The summed E-state index contributed by atoms with van der Waals surface area (Å²) in [5.41, 5.74) is 4.60. The SMILES string of the molecule is Cc1cc(-c2nsc3c(C4(CO)CC4)cc(N4CCOC[C@H]4C)nc23)[nH]n1. The van der Waals surface area contributed by atoms with Gasteiger partial charge in [-0.25, -0.2) is 4.98 Å². The number of hydrogen-bond acceptors (Lipinski definition) is 7. The van der Waals surface area contributed by atoms with Crippen LogP contribution in [0.1, 0.15) is 31.0 Å². The van der Waals surface area contributed by atoms with Crippen molar-refractivity contribution in [3.63, 3.8) is 0 Å². The van der Waals surface area contributed by atoms with Gasteiger partial charge in [0, 0.05) is 12.0 Å². The second kappa shape index (κ2) is 6.25. The first-order valence-corrected chi connectivity index (χ1v) is 10.2. The quantitative estimate of drug-likeness (QED) is 0.718. The summed E-state index contributed by atoms with van der Waals surface area (Å²) in [6.45, 7) is 6.52. The Morgan fingerprint density at radius 1 is 1.41 bits per heavy atom. The Balaban J connectivity index is 1.71. The lowest BCUT2D eigenvalue weighted by molar-refractivity contribution is 0.0985. The van der Waals surface area contributed by atoms with Crippen LogP contribution in [0.5, 0.6) is 0 Å². The van der Waals surface area contributed by atoms with Gasteiger partial charge in [-0.2, -0.15) is 9.47 Å². The molecule has 0 radical (unpaired) electrons. The minimum absolute atomic E-state index is 0.140. The molecule has 0 spiro atoms. The van der Waals surface area contributed by atoms with Gasteiger partial charge in [0.25, 0.3) is 0 Å². The Morgan fingerprint density at radius 2 is 2.26 bits per heavy atom. The maximum absolute atomic E-state index is 10.1. The number of nitrogens with zero attached hydrogens (tertiary/aromatic N) is 4. The standard InChI is InChI=1S/C19H23N5O2S/c1-11-7-14(22-21-11)16-17-18(27-23-16)13(19(10-25)3-4-19)8-15(20-17)24-5-6-26-9-12(24)2/h7-8,12,25H,3-6,9-10H2,1-2H3,(H,21,22)/t12-/m1/s1. The number of anilines is 1. The van der Waals surface area contributed by atoms with Crippen molar-refractivity contribution in [1.82, 2.24) is 19.6 Å². The van der Waals surface area contributed by atoms with Crippen LogP contribution in [0.15, 0.2) is 12.1 Å². The van der Waals surface area contributed by atoms with Gasteiger partial charge >= 0.3 is 0 Å². The molecule has 1 atom stereocenters. The predicted molar refractivity (Wildman–Crippen MR) is 105 cm³/mol. The minimum atomic E-state index is -0.140. The van der Waals surface area contributed by atoms with Crippen LogP contribution >= 0.6 is 11.5 Å². The zero-order valence-electron chi connectivity index (χ0n) is 15.5. The first-order chi connectivity index (χ1) is 13.1. The van der Waals surface area contributed by atoms with E-state index in [-0.39, 0.29) is 18.1 Å². The van der Waals surface area contributed by atoms with Crippen LogP contribution < -0.4 is 4.90 Å². The number of fused-ring (bicyclic) bond motifs is 1. The Labute approximate surface area is 161 Å². The lowest BCUT2D eigenvalue weighted by Gasteiger charge is -2.34. The van der Waals surface area contributed by atoms with E-state index in [4.69, 9.17) is 14.1 Å². The zero-order valence-corrected chi connectivity index (χ0v) is 16.3. The molecular formula is C19H23N5O2S. The molecule has 8 heteroatoms. The third-order valence-corrected chi connectivity index (χ3v) is 6.63. The molecule has 2 fully saturated rings. The monoisotopic (exact) mass is 385 g/mol. The van der Waals surface area contributed by atoms with E-state index in [1.165, 1.54) is 17.1 Å². The molecule has 0 unspecified atom stereocenters. The highest BCUT2D eigenvalue weighted by molar-refractivity contribution is 7.13. The van der Waals surface area contributed by atoms with Crippen molar-refractivity contribution in [3.05, 3.63) is 23.4 Å². The summed E-state index contributed by atoms with van der Waals surface area (Å²) in [5, 5.41) is 17.4. The van der Waals surface area contributed by atoms with Crippen LogP contribution in [0.2, 0.25) is 0 Å². The smallest absolute Gasteiger partial charge is 0.130 e. The number of aromatic amines is 1. The normalized spacial score (nSPS) is 21.7. The van der Waals surface area contributed by atoms with Crippen molar-refractivity contribution in [2.45, 2.75) is 38.1 Å². The Morgan fingerprint density at radius 3 is 2.93 bits per heavy atom. The van der Waals surface area contributed by atoms with Crippen molar-refractivity contribution in [1.29, 1.82) is 0 Å². The van der Waals surface area contributed by atoms with Crippen molar-refractivity contribution >= 4 is 27.6 Å². The Kier molecular flexibility index (Phi) is 3.96. The van der Waals surface area contributed by atoms with Gasteiger partial charge in [0.2, 0.25) is 0 Å². The van der Waals surface area contributed by atoms with Crippen molar-refractivity contribution in [2.75, 3.05) is 31.3 Å². The topological polar surface area (TPSA) is 87.2 Å². The van der Waals surface area contributed by atoms with Gasteiger partial charge in [-0.15, -0.1) is 0 Å². The summed E-state index contributed by atoms with van der Waals surface area (Å²) in [6, 6.07) is 4.44. The van der Waals surface area contributed by atoms with E-state index >= 15 is 0 Å². The number of nitrogens with one attached hydrogen (secondary N) is 1. The minimum Gasteiger partial charge on any atom is -0.395 e. The number of ether oxygens (including phenoxy) is 1. The van der Waals surface area contributed by atoms with Gasteiger partial charge in [-0.3, -0.25) is 5.10 Å². The third kappa shape index (κ3) is 2.74. The highest BCUT2D eigenvalue weighted by atomic mass is 32.1.